The van der Waals surface area contributed by atoms with Gasteiger partial charge in [-0.1, -0.05) is 34.9 Å². The van der Waals surface area contributed by atoms with E-state index in [2.05, 4.69) is 6.08 Å². The lowest BCUT2D eigenvalue weighted by Crippen LogP contribution is -2.26. The molecule has 0 bridgehead atoms. The Bertz CT molecular complexity index is 1260. The minimum atomic E-state index is -0.503. The molecule has 0 N–H and O–H groups in total. The number of ether oxygens (including phenoxy) is 1. The minimum Gasteiger partial charge on any atom is -0.465 e. The van der Waals surface area contributed by atoms with Crippen LogP contribution in [0.5, 0.6) is 0 Å². The van der Waals surface area contributed by atoms with E-state index in [4.69, 9.17) is 27.9 Å². The predicted octanol–water partition coefficient (Wildman–Crippen LogP) is 6.96. The van der Waals surface area contributed by atoms with Crippen molar-refractivity contribution in [1.82, 2.24) is 9.47 Å². The molecule has 1 aliphatic carbocycles. The third-order valence-electron chi connectivity index (χ3n) is 6.82. The van der Waals surface area contributed by atoms with Crippen LogP contribution in [0.25, 0.3) is 11.8 Å². The number of halogens is 2. The molecule has 0 saturated carbocycles. The first-order valence-electron chi connectivity index (χ1n) is 11.9. The van der Waals surface area contributed by atoms with Crippen LogP contribution in [0.2, 0.25) is 10.0 Å². The Morgan fingerprint density at radius 2 is 1.80 bits per heavy atom. The number of benzene rings is 1. The zero-order valence-electron chi connectivity index (χ0n) is 20.6. The topological polar surface area (TPSA) is 51.5 Å². The van der Waals surface area contributed by atoms with Gasteiger partial charge in [0.2, 0.25) is 0 Å². The Kier molecular flexibility index (Phi) is 7.58. The molecule has 1 aromatic heterocycles. The number of carbonyl (C=O) groups is 2. The van der Waals surface area contributed by atoms with Gasteiger partial charge >= 0.3 is 5.97 Å². The number of aryl methyl sites for hydroxylation is 1. The number of hydrogen-bond donors (Lipinski definition) is 0. The predicted molar refractivity (Wildman–Crippen MR) is 141 cm³/mol. The highest BCUT2D eigenvalue weighted by Crippen LogP contribution is 2.34. The molecule has 0 atom stereocenters. The highest BCUT2D eigenvalue weighted by atomic mass is 35.5. The van der Waals surface area contributed by atoms with Gasteiger partial charge in [0.1, 0.15) is 0 Å². The van der Waals surface area contributed by atoms with E-state index in [1.54, 1.807) is 17.0 Å². The van der Waals surface area contributed by atoms with Gasteiger partial charge in [0.15, 0.2) is 0 Å². The van der Waals surface area contributed by atoms with Gasteiger partial charge in [-0.15, -0.1) is 0 Å². The number of carbonyl (C=O) groups excluding carboxylic acids is 2. The van der Waals surface area contributed by atoms with Crippen molar-refractivity contribution >= 4 is 41.2 Å². The molecule has 2 heterocycles. The van der Waals surface area contributed by atoms with E-state index in [1.165, 1.54) is 25.5 Å². The lowest BCUT2D eigenvalue weighted by molar-refractivity contribution is -0.136. The van der Waals surface area contributed by atoms with E-state index in [0.717, 1.165) is 41.9 Å². The van der Waals surface area contributed by atoms with Crippen LogP contribution in [0.1, 0.15) is 56.0 Å². The van der Waals surface area contributed by atoms with Crippen LogP contribution in [-0.2, 0) is 14.3 Å². The molecule has 7 heteroatoms. The maximum Gasteiger partial charge on any atom is 0.340 e. The average Bonchev–Trinajstić information content (AvgIpc) is 3.23. The lowest BCUT2D eigenvalue weighted by atomic mass is 9.97. The molecule has 1 aromatic carbocycles. The molecule has 4 rings (SSSR count). The highest BCUT2D eigenvalue weighted by molar-refractivity contribution is 6.34. The SMILES string of the molecule is COC(=O)C1=C(C)N(CCC2=CCCCC2)C(=O)/C1=C\c1cc(C)n(-c2cc(Cl)cc(Cl)c2)c1C. The van der Waals surface area contributed by atoms with Crippen LogP contribution in [0, 0.1) is 13.8 Å². The summed E-state index contributed by atoms with van der Waals surface area (Å²) in [5.74, 6) is -0.674. The van der Waals surface area contributed by atoms with Crippen molar-refractivity contribution in [2.45, 2.75) is 52.9 Å². The number of rotatable bonds is 6. The Balaban J connectivity index is 1.71. The van der Waals surface area contributed by atoms with Crippen LogP contribution < -0.4 is 0 Å². The van der Waals surface area contributed by atoms with Crippen LogP contribution in [0.15, 0.2) is 52.8 Å². The Labute approximate surface area is 216 Å². The number of allylic oxidation sites excluding steroid dienone is 2. The third-order valence-corrected chi connectivity index (χ3v) is 7.25. The molecule has 0 saturated heterocycles. The third kappa shape index (κ3) is 5.12. The zero-order chi connectivity index (χ0) is 25.3. The Morgan fingerprint density at radius 3 is 2.43 bits per heavy atom. The standard InChI is InChI=1S/C28H30Cl2N2O3/c1-17-12-21(18(2)32(17)24-15-22(29)14-23(30)16-24)13-25-26(28(34)35-4)19(3)31(27(25)33)11-10-20-8-6-5-7-9-20/h8,12-16H,5-7,9-11H2,1-4H3/b25-13-. The van der Waals surface area contributed by atoms with Gasteiger partial charge in [0.25, 0.3) is 5.91 Å². The summed E-state index contributed by atoms with van der Waals surface area (Å²) in [6, 6.07) is 7.37. The van der Waals surface area contributed by atoms with Crippen molar-refractivity contribution in [3.63, 3.8) is 0 Å². The summed E-state index contributed by atoms with van der Waals surface area (Å²) in [7, 11) is 1.34. The molecule has 0 spiro atoms. The Morgan fingerprint density at radius 1 is 1.09 bits per heavy atom. The van der Waals surface area contributed by atoms with E-state index in [-0.39, 0.29) is 5.91 Å². The van der Waals surface area contributed by atoms with E-state index in [9.17, 15) is 9.59 Å². The maximum absolute atomic E-state index is 13.5. The highest BCUT2D eigenvalue weighted by Gasteiger charge is 2.37. The fraction of sp³-hybridized carbons (Fsp3) is 0.357. The van der Waals surface area contributed by atoms with Gasteiger partial charge in [-0.05, 0) is 88.8 Å². The molecule has 0 unspecified atom stereocenters. The second-order valence-corrected chi connectivity index (χ2v) is 9.99. The van der Waals surface area contributed by atoms with Crippen LogP contribution in [0.4, 0.5) is 0 Å². The summed E-state index contributed by atoms with van der Waals surface area (Å²) in [5.41, 5.74) is 6.25. The quantitative estimate of drug-likeness (QED) is 0.238. The normalized spacial score (nSPS) is 17.4. The molecule has 2 aliphatic rings. The first-order chi connectivity index (χ1) is 16.7. The largest absolute Gasteiger partial charge is 0.465 e. The minimum absolute atomic E-state index is 0.171. The Hall–Kier alpha value is -2.76. The van der Waals surface area contributed by atoms with Crippen LogP contribution in [0.3, 0.4) is 0 Å². The summed E-state index contributed by atoms with van der Waals surface area (Å²) >= 11 is 12.5. The lowest BCUT2D eigenvalue weighted by Gasteiger charge is -2.20. The number of nitrogens with zero attached hydrogens (tertiary/aromatic N) is 2. The van der Waals surface area contributed by atoms with E-state index in [1.807, 2.05) is 43.5 Å². The fourth-order valence-electron chi connectivity index (χ4n) is 5.04. The summed E-state index contributed by atoms with van der Waals surface area (Å²) < 4.78 is 7.09. The molecule has 0 fully saturated rings. The summed E-state index contributed by atoms with van der Waals surface area (Å²) in [6.45, 7) is 6.31. The van der Waals surface area contributed by atoms with Crippen molar-refractivity contribution in [3.05, 3.63) is 79.8 Å². The van der Waals surface area contributed by atoms with Crippen LogP contribution >= 0.6 is 23.2 Å². The van der Waals surface area contributed by atoms with E-state index < -0.39 is 5.97 Å². The number of hydrogen-bond acceptors (Lipinski definition) is 3. The number of esters is 1. The first-order valence-corrected chi connectivity index (χ1v) is 12.6. The number of aromatic nitrogens is 1. The maximum atomic E-state index is 13.5. The summed E-state index contributed by atoms with van der Waals surface area (Å²) in [6.07, 6.45) is 9.50. The van der Waals surface area contributed by atoms with Crippen molar-refractivity contribution in [1.29, 1.82) is 0 Å². The van der Waals surface area contributed by atoms with Gasteiger partial charge < -0.3 is 14.2 Å². The molecule has 184 valence electrons. The van der Waals surface area contributed by atoms with Gasteiger partial charge in [-0.25, -0.2) is 4.79 Å². The second kappa shape index (κ2) is 10.5. The van der Waals surface area contributed by atoms with E-state index in [0.29, 0.717) is 33.4 Å². The zero-order valence-corrected chi connectivity index (χ0v) is 22.1. The van der Waals surface area contributed by atoms with Crippen molar-refractivity contribution in [2.75, 3.05) is 13.7 Å². The molecule has 2 aromatic rings. The van der Waals surface area contributed by atoms with Crippen LogP contribution in [-0.4, -0.2) is 35.0 Å². The van der Waals surface area contributed by atoms with Gasteiger partial charge in [-0.2, -0.15) is 0 Å². The van der Waals surface area contributed by atoms with Gasteiger partial charge in [-0.3, -0.25) is 4.79 Å². The van der Waals surface area contributed by atoms with E-state index >= 15 is 0 Å². The smallest absolute Gasteiger partial charge is 0.340 e. The second-order valence-electron chi connectivity index (χ2n) is 9.11. The number of amides is 1. The van der Waals surface area contributed by atoms with Gasteiger partial charge in [0, 0.05) is 39.4 Å². The van der Waals surface area contributed by atoms with Crippen molar-refractivity contribution < 1.29 is 14.3 Å². The molecular formula is C28H30Cl2N2O3. The number of methoxy groups -OCH3 is 1. The molecule has 1 amide bonds. The molecule has 0 radical (unpaired) electrons. The fourth-order valence-corrected chi connectivity index (χ4v) is 5.55. The monoisotopic (exact) mass is 512 g/mol. The summed E-state index contributed by atoms with van der Waals surface area (Å²) in [4.78, 5) is 28.0. The molecular weight excluding hydrogens is 483 g/mol. The molecule has 1 aliphatic heterocycles. The molecule has 35 heavy (non-hydrogen) atoms. The summed E-state index contributed by atoms with van der Waals surface area (Å²) in [5, 5.41) is 1.09. The van der Waals surface area contributed by atoms with Gasteiger partial charge in [0.05, 0.1) is 18.3 Å². The average molecular weight is 513 g/mol. The van der Waals surface area contributed by atoms with Crippen molar-refractivity contribution in [3.8, 4) is 5.69 Å². The first kappa shape index (κ1) is 25.3. The molecule has 5 nitrogen and oxygen atoms in total. The van der Waals surface area contributed by atoms with Crippen molar-refractivity contribution in [2.24, 2.45) is 0 Å².